The summed E-state index contributed by atoms with van der Waals surface area (Å²) in [7, 11) is 0. The number of halogens is 2. The molecule has 2 heterocycles. The van der Waals surface area contributed by atoms with E-state index in [-0.39, 0.29) is 0 Å². The van der Waals surface area contributed by atoms with Crippen LogP contribution in [-0.2, 0) is 0 Å². The molecule has 2 aromatic carbocycles. The number of hydrogen-bond acceptors (Lipinski definition) is 1. The Morgan fingerprint density at radius 1 is 0.909 bits per heavy atom. The molecule has 1 saturated heterocycles. The largest absolute Gasteiger partial charge is 0.298 e. The van der Waals surface area contributed by atoms with Gasteiger partial charge in [0.15, 0.2) is 0 Å². The summed E-state index contributed by atoms with van der Waals surface area (Å²) in [5, 5.41) is 0.803. The Kier molecular flexibility index (Phi) is 3.85. The zero-order chi connectivity index (χ0) is 15.1. The molecule has 1 nitrogen and oxygen atoms in total. The van der Waals surface area contributed by atoms with Crippen molar-refractivity contribution in [2.45, 2.75) is 5.92 Å². The van der Waals surface area contributed by atoms with Crippen LogP contribution in [0.3, 0.4) is 0 Å². The molecule has 0 spiro atoms. The monoisotopic (exact) mass is 373 g/mol. The topological polar surface area (TPSA) is 3.24 Å². The lowest BCUT2D eigenvalue weighted by Crippen LogP contribution is -2.24. The van der Waals surface area contributed by atoms with Crippen LogP contribution in [0.2, 0.25) is 5.02 Å². The molecule has 22 heavy (non-hydrogen) atoms. The standard InChI is InChI=1S/C19H17BrClN/c20-15-5-1-14(2-6-15)18-11-22-10-9-17(19(18)12-22)13-3-7-16(21)8-4-13/h1-9,18-19H,10-12H2/t18-,19+/m0/s1. The lowest BCUT2D eigenvalue weighted by molar-refractivity contribution is 0.360. The first-order chi connectivity index (χ1) is 10.7. The Morgan fingerprint density at radius 3 is 2.32 bits per heavy atom. The van der Waals surface area contributed by atoms with Gasteiger partial charge in [-0.2, -0.15) is 0 Å². The highest BCUT2D eigenvalue weighted by Crippen LogP contribution is 2.43. The molecule has 3 heteroatoms. The van der Waals surface area contributed by atoms with Crippen molar-refractivity contribution in [3.8, 4) is 0 Å². The van der Waals surface area contributed by atoms with E-state index in [1.165, 1.54) is 16.7 Å². The summed E-state index contributed by atoms with van der Waals surface area (Å²) in [6.07, 6.45) is 2.40. The number of fused-ring (bicyclic) bond motifs is 2. The molecule has 2 aromatic rings. The number of rotatable bonds is 2. The molecular formula is C19H17BrClN. The fourth-order valence-electron chi connectivity index (χ4n) is 3.75. The van der Waals surface area contributed by atoms with E-state index >= 15 is 0 Å². The Hall–Kier alpha value is -1.09. The average Bonchev–Trinajstić information content (AvgIpc) is 2.87. The zero-order valence-electron chi connectivity index (χ0n) is 12.2. The molecule has 2 aliphatic rings. The third-order valence-electron chi connectivity index (χ3n) is 4.84. The lowest BCUT2D eigenvalue weighted by atomic mass is 9.81. The van der Waals surface area contributed by atoms with E-state index in [1.807, 2.05) is 12.1 Å². The summed E-state index contributed by atoms with van der Waals surface area (Å²) < 4.78 is 1.14. The van der Waals surface area contributed by atoms with Gasteiger partial charge in [-0.05, 0) is 41.0 Å². The highest BCUT2D eigenvalue weighted by atomic mass is 79.9. The molecule has 2 bridgehead atoms. The Balaban J connectivity index is 1.68. The second-order valence-corrected chi connectivity index (χ2v) is 7.50. The van der Waals surface area contributed by atoms with Crippen LogP contribution >= 0.6 is 27.5 Å². The molecule has 0 radical (unpaired) electrons. The summed E-state index contributed by atoms with van der Waals surface area (Å²) in [6.45, 7) is 3.37. The van der Waals surface area contributed by atoms with Crippen LogP contribution < -0.4 is 0 Å². The predicted molar refractivity (Wildman–Crippen MR) is 96.2 cm³/mol. The molecule has 1 unspecified atom stereocenters. The Morgan fingerprint density at radius 2 is 1.59 bits per heavy atom. The Bertz CT molecular complexity index is 705. The molecule has 2 aliphatic heterocycles. The molecule has 0 saturated carbocycles. The van der Waals surface area contributed by atoms with Gasteiger partial charge in [0.25, 0.3) is 0 Å². The van der Waals surface area contributed by atoms with Gasteiger partial charge in [0.1, 0.15) is 0 Å². The minimum Gasteiger partial charge on any atom is -0.298 e. The smallest absolute Gasteiger partial charge is 0.0406 e. The van der Waals surface area contributed by atoms with Crippen LogP contribution in [0.25, 0.3) is 5.57 Å². The second kappa shape index (κ2) is 5.84. The van der Waals surface area contributed by atoms with Crippen LogP contribution in [0.5, 0.6) is 0 Å². The maximum Gasteiger partial charge on any atom is 0.0406 e. The molecular weight excluding hydrogens is 358 g/mol. The maximum absolute atomic E-state index is 6.04. The quantitative estimate of drug-likeness (QED) is 0.697. The van der Waals surface area contributed by atoms with Crippen molar-refractivity contribution in [2.24, 2.45) is 5.92 Å². The van der Waals surface area contributed by atoms with Gasteiger partial charge in [-0.1, -0.05) is 57.9 Å². The summed E-state index contributed by atoms with van der Waals surface area (Å²) in [4.78, 5) is 2.55. The van der Waals surface area contributed by atoms with Crippen LogP contribution in [0.4, 0.5) is 0 Å². The Labute approximate surface area is 144 Å². The lowest BCUT2D eigenvalue weighted by Gasteiger charge is -2.25. The van der Waals surface area contributed by atoms with E-state index < -0.39 is 0 Å². The molecule has 0 amide bonds. The van der Waals surface area contributed by atoms with Crippen molar-refractivity contribution >= 4 is 33.1 Å². The van der Waals surface area contributed by atoms with Crippen molar-refractivity contribution < 1.29 is 0 Å². The van der Waals surface area contributed by atoms with Crippen molar-refractivity contribution in [2.75, 3.05) is 19.6 Å². The minimum atomic E-state index is 0.580. The number of benzene rings is 2. The van der Waals surface area contributed by atoms with Gasteiger partial charge in [-0.25, -0.2) is 0 Å². The van der Waals surface area contributed by atoms with E-state index in [9.17, 15) is 0 Å². The fourth-order valence-corrected chi connectivity index (χ4v) is 4.14. The number of hydrogen-bond donors (Lipinski definition) is 0. The molecule has 1 fully saturated rings. The van der Waals surface area contributed by atoms with Gasteiger partial charge >= 0.3 is 0 Å². The normalized spacial score (nSPS) is 26.8. The van der Waals surface area contributed by atoms with Crippen molar-refractivity contribution in [3.63, 3.8) is 0 Å². The first-order valence-electron chi connectivity index (χ1n) is 7.64. The van der Waals surface area contributed by atoms with Crippen molar-refractivity contribution in [1.82, 2.24) is 4.90 Å². The first kappa shape index (κ1) is 14.5. The van der Waals surface area contributed by atoms with Crippen LogP contribution in [-0.4, -0.2) is 24.5 Å². The van der Waals surface area contributed by atoms with Gasteiger partial charge in [0.2, 0.25) is 0 Å². The molecule has 3 atom stereocenters. The second-order valence-electron chi connectivity index (χ2n) is 6.15. The summed E-state index contributed by atoms with van der Waals surface area (Å²) in [5.74, 6) is 1.16. The highest BCUT2D eigenvalue weighted by molar-refractivity contribution is 9.10. The van der Waals surface area contributed by atoms with Crippen molar-refractivity contribution in [1.29, 1.82) is 0 Å². The minimum absolute atomic E-state index is 0.580. The van der Waals surface area contributed by atoms with Crippen LogP contribution in [0, 0.1) is 5.92 Å². The molecule has 112 valence electrons. The van der Waals surface area contributed by atoms with Gasteiger partial charge in [0, 0.05) is 41.0 Å². The summed E-state index contributed by atoms with van der Waals surface area (Å²) in [5.41, 5.74) is 4.24. The average molecular weight is 375 g/mol. The third-order valence-corrected chi connectivity index (χ3v) is 5.62. The van der Waals surface area contributed by atoms with E-state index in [4.69, 9.17) is 11.6 Å². The van der Waals surface area contributed by atoms with Gasteiger partial charge in [-0.15, -0.1) is 0 Å². The van der Waals surface area contributed by atoms with Crippen LogP contribution in [0.1, 0.15) is 17.0 Å². The van der Waals surface area contributed by atoms with Gasteiger partial charge in [-0.3, -0.25) is 4.90 Å². The van der Waals surface area contributed by atoms with Crippen molar-refractivity contribution in [3.05, 3.63) is 75.2 Å². The van der Waals surface area contributed by atoms with E-state index in [2.05, 4.69) is 63.3 Å². The number of nitrogens with zero attached hydrogens (tertiary/aromatic N) is 1. The summed E-state index contributed by atoms with van der Waals surface area (Å²) in [6, 6.07) is 17.1. The zero-order valence-corrected chi connectivity index (χ0v) is 14.5. The third kappa shape index (κ3) is 2.64. The molecule has 4 rings (SSSR count). The first-order valence-corrected chi connectivity index (χ1v) is 8.81. The van der Waals surface area contributed by atoms with E-state index in [0.717, 1.165) is 29.1 Å². The highest BCUT2D eigenvalue weighted by Gasteiger charge is 2.38. The molecule has 0 N–H and O–H groups in total. The molecule has 0 aliphatic carbocycles. The summed E-state index contributed by atoms with van der Waals surface area (Å²) >= 11 is 9.57. The van der Waals surface area contributed by atoms with E-state index in [1.54, 1.807) is 0 Å². The molecule has 0 aromatic heterocycles. The van der Waals surface area contributed by atoms with Gasteiger partial charge in [0.05, 0.1) is 0 Å². The van der Waals surface area contributed by atoms with Gasteiger partial charge < -0.3 is 0 Å². The van der Waals surface area contributed by atoms with E-state index in [0.29, 0.717) is 11.8 Å². The predicted octanol–water partition coefficient (Wildman–Crippen LogP) is 5.22. The van der Waals surface area contributed by atoms with Crippen LogP contribution in [0.15, 0.2) is 59.1 Å². The SMILES string of the molecule is Clc1ccc(C2=CCN3C[C@H]2[C@H](c2ccc(Br)cc2)C3)cc1. The maximum atomic E-state index is 6.04. The fraction of sp³-hybridized carbons (Fsp3) is 0.263.